The molecule has 0 radical (unpaired) electrons. The summed E-state index contributed by atoms with van der Waals surface area (Å²) in [6, 6.07) is 4.51. The van der Waals surface area contributed by atoms with E-state index in [-0.39, 0.29) is 15.7 Å². The minimum atomic E-state index is -3.84. The number of rotatable bonds is 5. The second kappa shape index (κ2) is 6.23. The summed E-state index contributed by atoms with van der Waals surface area (Å²) in [7, 11) is -2.11. The van der Waals surface area contributed by atoms with Gasteiger partial charge in [-0.3, -0.25) is 9.82 Å². The summed E-state index contributed by atoms with van der Waals surface area (Å²) < 4.78 is 27.3. The van der Waals surface area contributed by atoms with Crippen LogP contribution >= 0.6 is 23.2 Å². The number of anilines is 1. The SMILES string of the molecule is CNCc1c(S(=O)(=O)Nc2ccc(Cl)cc2Cl)n[nH]c1C. The highest BCUT2D eigenvalue weighted by Crippen LogP contribution is 2.28. The minimum absolute atomic E-state index is 0.0552. The maximum absolute atomic E-state index is 12.4. The van der Waals surface area contributed by atoms with Crippen molar-refractivity contribution in [3.8, 4) is 0 Å². The van der Waals surface area contributed by atoms with Crippen LogP contribution in [-0.2, 0) is 16.6 Å². The Bertz CT molecular complexity index is 759. The number of nitrogens with one attached hydrogen (secondary N) is 3. The lowest BCUT2D eigenvalue weighted by atomic mass is 10.3. The molecular weight excluding hydrogens is 335 g/mol. The molecule has 9 heteroatoms. The van der Waals surface area contributed by atoms with E-state index < -0.39 is 10.0 Å². The summed E-state index contributed by atoms with van der Waals surface area (Å²) in [5.74, 6) is 0. The molecule has 1 aromatic carbocycles. The fourth-order valence-corrected chi connectivity index (χ4v) is 3.59. The van der Waals surface area contributed by atoms with Gasteiger partial charge in [0.25, 0.3) is 10.0 Å². The first-order valence-corrected chi connectivity index (χ1v) is 8.25. The van der Waals surface area contributed by atoms with Crippen molar-refractivity contribution in [1.82, 2.24) is 15.5 Å². The van der Waals surface area contributed by atoms with Crippen molar-refractivity contribution in [2.45, 2.75) is 18.5 Å². The minimum Gasteiger partial charge on any atom is -0.316 e. The quantitative estimate of drug-likeness (QED) is 0.774. The average Bonchev–Trinajstić information content (AvgIpc) is 2.76. The van der Waals surface area contributed by atoms with Gasteiger partial charge in [0, 0.05) is 22.8 Å². The lowest BCUT2D eigenvalue weighted by Gasteiger charge is -2.09. The van der Waals surface area contributed by atoms with Gasteiger partial charge in [-0.2, -0.15) is 13.5 Å². The van der Waals surface area contributed by atoms with E-state index in [2.05, 4.69) is 20.2 Å². The molecule has 0 atom stereocenters. The van der Waals surface area contributed by atoms with Crippen LogP contribution in [0, 0.1) is 6.92 Å². The predicted octanol–water partition coefficient (Wildman–Crippen LogP) is 2.55. The summed E-state index contributed by atoms with van der Waals surface area (Å²) in [5, 5.41) is 10.0. The number of benzene rings is 1. The Morgan fingerprint density at radius 2 is 2.05 bits per heavy atom. The van der Waals surface area contributed by atoms with E-state index >= 15 is 0 Å². The Morgan fingerprint density at radius 1 is 1.33 bits per heavy atom. The first-order chi connectivity index (χ1) is 9.85. The lowest BCUT2D eigenvalue weighted by molar-refractivity contribution is 0.595. The number of sulfonamides is 1. The zero-order valence-corrected chi connectivity index (χ0v) is 13.7. The molecule has 1 aromatic heterocycles. The van der Waals surface area contributed by atoms with E-state index in [0.29, 0.717) is 22.8 Å². The van der Waals surface area contributed by atoms with Crippen LogP contribution in [0.2, 0.25) is 10.0 Å². The molecular formula is C12H14Cl2N4O2S. The Balaban J connectivity index is 2.39. The van der Waals surface area contributed by atoms with Crippen LogP contribution in [0.4, 0.5) is 5.69 Å². The first kappa shape index (κ1) is 16.1. The van der Waals surface area contributed by atoms with Crippen LogP contribution in [0.1, 0.15) is 11.3 Å². The van der Waals surface area contributed by atoms with E-state index in [4.69, 9.17) is 23.2 Å². The van der Waals surface area contributed by atoms with Crippen molar-refractivity contribution < 1.29 is 8.42 Å². The van der Waals surface area contributed by atoms with Crippen molar-refractivity contribution in [2.75, 3.05) is 11.8 Å². The smallest absolute Gasteiger partial charge is 0.281 e. The fourth-order valence-electron chi connectivity index (χ4n) is 1.80. The third-order valence-electron chi connectivity index (χ3n) is 2.82. The summed E-state index contributed by atoms with van der Waals surface area (Å²) in [6.07, 6.45) is 0. The molecule has 6 nitrogen and oxygen atoms in total. The number of nitrogens with zero attached hydrogens (tertiary/aromatic N) is 1. The van der Waals surface area contributed by atoms with Crippen molar-refractivity contribution >= 4 is 38.9 Å². The first-order valence-electron chi connectivity index (χ1n) is 6.01. The van der Waals surface area contributed by atoms with Crippen LogP contribution in [0.3, 0.4) is 0 Å². The third kappa shape index (κ3) is 3.49. The predicted molar refractivity (Wildman–Crippen MR) is 83.4 cm³/mol. The van der Waals surface area contributed by atoms with Gasteiger partial charge in [0.2, 0.25) is 5.03 Å². The molecule has 0 aliphatic rings. The normalized spacial score (nSPS) is 11.6. The van der Waals surface area contributed by atoms with Crippen molar-refractivity contribution in [3.63, 3.8) is 0 Å². The maximum Gasteiger partial charge on any atom is 0.281 e. The Kier molecular flexibility index (Phi) is 4.77. The number of hydrogen-bond donors (Lipinski definition) is 3. The Morgan fingerprint density at radius 3 is 2.67 bits per heavy atom. The Labute approximate surface area is 132 Å². The molecule has 1 heterocycles. The molecule has 0 spiro atoms. The van der Waals surface area contributed by atoms with E-state index in [1.54, 1.807) is 20.0 Å². The number of H-pyrrole nitrogens is 1. The van der Waals surface area contributed by atoms with Crippen LogP contribution in [-0.4, -0.2) is 25.7 Å². The van der Waals surface area contributed by atoms with Crippen LogP contribution in [0.15, 0.2) is 23.2 Å². The van der Waals surface area contributed by atoms with E-state index in [0.717, 1.165) is 0 Å². The van der Waals surface area contributed by atoms with E-state index in [1.165, 1.54) is 12.1 Å². The molecule has 0 amide bonds. The van der Waals surface area contributed by atoms with E-state index in [9.17, 15) is 8.42 Å². The number of halogens is 2. The standard InChI is InChI=1S/C12H14Cl2N4O2S/c1-7-9(6-15-2)12(17-16-7)21(19,20)18-11-4-3-8(13)5-10(11)14/h3-5,15,18H,6H2,1-2H3,(H,16,17). The van der Waals surface area contributed by atoms with Crippen LogP contribution < -0.4 is 10.0 Å². The highest BCUT2D eigenvalue weighted by atomic mass is 35.5. The topological polar surface area (TPSA) is 86.9 Å². The maximum atomic E-state index is 12.4. The largest absolute Gasteiger partial charge is 0.316 e. The number of hydrogen-bond acceptors (Lipinski definition) is 4. The van der Waals surface area contributed by atoms with Gasteiger partial charge in [0.1, 0.15) is 0 Å². The summed E-state index contributed by atoms with van der Waals surface area (Å²) in [4.78, 5) is 0. The van der Waals surface area contributed by atoms with Gasteiger partial charge in [-0.25, -0.2) is 0 Å². The molecule has 0 aliphatic carbocycles. The second-order valence-corrected chi connectivity index (χ2v) is 6.83. The van der Waals surface area contributed by atoms with Gasteiger partial charge in [-0.05, 0) is 32.2 Å². The summed E-state index contributed by atoms with van der Waals surface area (Å²) in [5.41, 5.74) is 1.51. The zero-order chi connectivity index (χ0) is 15.6. The van der Waals surface area contributed by atoms with Crippen LogP contribution in [0.5, 0.6) is 0 Å². The van der Waals surface area contributed by atoms with Crippen molar-refractivity contribution in [3.05, 3.63) is 39.5 Å². The number of aromatic amines is 1. The molecule has 2 aromatic rings. The van der Waals surface area contributed by atoms with Crippen molar-refractivity contribution in [2.24, 2.45) is 0 Å². The van der Waals surface area contributed by atoms with Crippen molar-refractivity contribution in [1.29, 1.82) is 0 Å². The van der Waals surface area contributed by atoms with Gasteiger partial charge < -0.3 is 5.32 Å². The fraction of sp³-hybridized carbons (Fsp3) is 0.250. The van der Waals surface area contributed by atoms with Gasteiger partial charge >= 0.3 is 0 Å². The zero-order valence-electron chi connectivity index (χ0n) is 11.4. The number of aromatic nitrogens is 2. The molecule has 0 fully saturated rings. The van der Waals surface area contributed by atoms with Gasteiger partial charge in [-0.1, -0.05) is 23.2 Å². The highest BCUT2D eigenvalue weighted by Gasteiger charge is 2.24. The van der Waals surface area contributed by atoms with E-state index in [1.807, 2.05) is 0 Å². The molecule has 0 aliphatic heterocycles. The van der Waals surface area contributed by atoms with Crippen LogP contribution in [0.25, 0.3) is 0 Å². The average molecular weight is 349 g/mol. The lowest BCUT2D eigenvalue weighted by Crippen LogP contribution is -2.17. The highest BCUT2D eigenvalue weighted by molar-refractivity contribution is 7.92. The third-order valence-corrected chi connectivity index (χ3v) is 4.70. The molecule has 3 N–H and O–H groups in total. The molecule has 21 heavy (non-hydrogen) atoms. The monoisotopic (exact) mass is 348 g/mol. The molecule has 0 saturated carbocycles. The number of aryl methyl sites for hydroxylation is 1. The molecule has 2 rings (SSSR count). The molecule has 114 valence electrons. The molecule has 0 saturated heterocycles. The second-order valence-electron chi connectivity index (χ2n) is 4.39. The molecule has 0 bridgehead atoms. The summed E-state index contributed by atoms with van der Waals surface area (Å²) in [6.45, 7) is 2.14. The summed E-state index contributed by atoms with van der Waals surface area (Å²) >= 11 is 11.8. The Hall–Kier alpha value is -1.28. The molecule has 0 unspecified atom stereocenters. The van der Waals surface area contributed by atoms with Gasteiger partial charge in [-0.15, -0.1) is 0 Å². The van der Waals surface area contributed by atoms with Gasteiger partial charge in [0.05, 0.1) is 10.7 Å². The van der Waals surface area contributed by atoms with Gasteiger partial charge in [0.15, 0.2) is 0 Å².